The first-order valence-electron chi connectivity index (χ1n) is 18.5. The Morgan fingerprint density at radius 3 is 1.93 bits per heavy atom. The molecule has 0 radical (unpaired) electrons. The van der Waals surface area contributed by atoms with Gasteiger partial charge in [-0.05, 0) is 34.1 Å². The number of fused-ring (bicyclic) bond motifs is 3. The molecule has 0 bridgehead atoms. The van der Waals surface area contributed by atoms with Crippen molar-refractivity contribution in [2.24, 2.45) is 0 Å². The number of rotatable bonds is 5. The number of pyridine rings is 2. The standard InChI is InChI=1S/C47H46N5OTe.Pt/c1-45(2,3)31-21-22-48-43(26-31)52-39-19-12-13-20-41(39)54-42-29-49-44(28-40(42)52)53-36-16-14-15-34(27-36)50-30-51(38-18-11-10-17-37(38)50)35-24-32(46(4,5)6)23-33(25-35)47(7,8)9;/h10-26,29-30H,1-9H3;/q-3;. The van der Waals surface area contributed by atoms with Crippen LogP contribution < -0.4 is 26.7 Å². The minimum atomic E-state index is -0.691. The summed E-state index contributed by atoms with van der Waals surface area (Å²) in [6, 6.07) is 41.6. The van der Waals surface area contributed by atoms with Gasteiger partial charge in [-0.25, -0.2) is 0 Å². The zero-order valence-electron chi connectivity index (χ0n) is 32.8. The summed E-state index contributed by atoms with van der Waals surface area (Å²) in [6.07, 6.45) is 3.87. The van der Waals surface area contributed by atoms with Crippen LogP contribution in [0.1, 0.15) is 79.0 Å². The minimum absolute atomic E-state index is 0. The molecule has 8 rings (SSSR count). The summed E-state index contributed by atoms with van der Waals surface area (Å²) in [7, 11) is 0. The molecule has 0 N–H and O–H groups in total. The summed E-state index contributed by atoms with van der Waals surface area (Å²) in [5, 5.41) is 0. The van der Waals surface area contributed by atoms with E-state index in [0.717, 1.165) is 39.9 Å². The Kier molecular flexibility index (Phi) is 10.5. The summed E-state index contributed by atoms with van der Waals surface area (Å²) in [5.74, 6) is 1.82. The molecule has 2 aliphatic heterocycles. The van der Waals surface area contributed by atoms with Gasteiger partial charge in [-0.3, -0.25) is 0 Å². The predicted octanol–water partition coefficient (Wildman–Crippen LogP) is 10.6. The fourth-order valence-corrected chi connectivity index (χ4v) is 9.58. The van der Waals surface area contributed by atoms with Gasteiger partial charge in [0, 0.05) is 21.1 Å². The van der Waals surface area contributed by atoms with E-state index in [1.54, 1.807) is 0 Å². The molecule has 284 valence electrons. The van der Waals surface area contributed by atoms with Gasteiger partial charge in [-0.2, -0.15) is 0 Å². The van der Waals surface area contributed by atoms with Crippen molar-refractivity contribution >= 4 is 68.1 Å². The third-order valence-electron chi connectivity index (χ3n) is 9.93. The Morgan fingerprint density at radius 2 is 1.25 bits per heavy atom. The maximum atomic E-state index is 6.49. The molecule has 0 aliphatic carbocycles. The molecule has 55 heavy (non-hydrogen) atoms. The van der Waals surface area contributed by atoms with Crippen molar-refractivity contribution in [2.45, 2.75) is 78.6 Å². The molecule has 6 nitrogen and oxygen atoms in total. The number of anilines is 7. The summed E-state index contributed by atoms with van der Waals surface area (Å²) in [6.45, 7) is 22.5. The molecule has 0 amide bonds. The number of hydrogen-bond donors (Lipinski definition) is 0. The van der Waals surface area contributed by atoms with Crippen LogP contribution in [-0.2, 0) is 37.3 Å². The van der Waals surface area contributed by atoms with Crippen LogP contribution in [0.15, 0.2) is 109 Å². The van der Waals surface area contributed by atoms with Gasteiger partial charge in [-0.1, -0.05) is 53.7 Å². The van der Waals surface area contributed by atoms with Crippen molar-refractivity contribution in [3.8, 4) is 11.6 Å². The molecule has 0 unspecified atom stereocenters. The molecule has 6 aromatic rings. The Bertz CT molecular complexity index is 2340. The van der Waals surface area contributed by atoms with Crippen LogP contribution in [0, 0.1) is 18.8 Å². The molecule has 0 spiro atoms. The van der Waals surface area contributed by atoms with Crippen molar-refractivity contribution in [3.05, 3.63) is 145 Å². The second-order valence-corrected chi connectivity index (χ2v) is 20.2. The monoisotopic (exact) mass is 1020 g/mol. The minimum Gasteiger partial charge on any atom is -0.0561 e. The summed E-state index contributed by atoms with van der Waals surface area (Å²) >= 11 is -0.691. The van der Waals surface area contributed by atoms with E-state index < -0.39 is 20.9 Å². The van der Waals surface area contributed by atoms with Gasteiger partial charge in [0.1, 0.15) is 0 Å². The average Bonchev–Trinajstić information content (AvgIpc) is 3.53. The van der Waals surface area contributed by atoms with Crippen LogP contribution >= 0.6 is 0 Å². The topological polar surface area (TPSA) is 44.7 Å². The normalized spacial score (nSPS) is 13.9. The van der Waals surface area contributed by atoms with E-state index in [4.69, 9.17) is 14.7 Å². The zero-order chi connectivity index (χ0) is 38.0. The summed E-state index contributed by atoms with van der Waals surface area (Å²) in [4.78, 5) is 16.3. The quantitative estimate of drug-likeness (QED) is 0.126. The van der Waals surface area contributed by atoms with Gasteiger partial charge in [-0.15, -0.1) is 0 Å². The average molecular weight is 1020 g/mol. The SMILES string of the molecule is CC(C)(C)c1cc(N2[CH-]N(c3[c-]c(Oc4[c-]c5c(cn4)[Te]c4ccccc4N5c4cc(C(C)(C)C)ccn4)ccc3)c3ccccc32)cc(C(C)(C)C)c1.[Pt]. The Morgan fingerprint density at radius 1 is 0.618 bits per heavy atom. The molecule has 8 heteroatoms. The second kappa shape index (κ2) is 14.7. The van der Waals surface area contributed by atoms with E-state index in [-0.39, 0.29) is 37.3 Å². The Labute approximate surface area is 351 Å². The first kappa shape index (κ1) is 39.1. The van der Waals surface area contributed by atoms with Gasteiger partial charge in [0.15, 0.2) is 0 Å². The smallest absolute Gasteiger partial charge is 0 e. The first-order valence-corrected chi connectivity index (χ1v) is 20.8. The van der Waals surface area contributed by atoms with Gasteiger partial charge in [0.2, 0.25) is 0 Å². The van der Waals surface area contributed by atoms with Crippen LogP contribution in [0.2, 0.25) is 0 Å². The largest absolute Gasteiger partial charge is 0.0561 e. The van der Waals surface area contributed by atoms with Crippen molar-refractivity contribution in [2.75, 3.05) is 14.7 Å². The van der Waals surface area contributed by atoms with Crippen molar-refractivity contribution in [1.29, 1.82) is 0 Å². The van der Waals surface area contributed by atoms with Crippen LogP contribution in [0.25, 0.3) is 0 Å². The van der Waals surface area contributed by atoms with E-state index in [2.05, 4.69) is 181 Å². The van der Waals surface area contributed by atoms with Gasteiger partial charge in [0.25, 0.3) is 0 Å². The number of ether oxygens (including phenoxy) is 1. The van der Waals surface area contributed by atoms with Gasteiger partial charge < -0.3 is 0 Å². The van der Waals surface area contributed by atoms with Crippen LogP contribution in [-0.4, -0.2) is 30.9 Å². The molecule has 0 fully saturated rings. The molecule has 2 aliphatic rings. The van der Waals surface area contributed by atoms with E-state index in [9.17, 15) is 0 Å². The van der Waals surface area contributed by atoms with Crippen LogP contribution in [0.4, 0.5) is 39.9 Å². The fourth-order valence-electron chi connectivity index (χ4n) is 6.74. The fraction of sp³-hybridized carbons (Fsp3) is 0.255. The van der Waals surface area contributed by atoms with Gasteiger partial charge in [0.05, 0.1) is 0 Å². The first-order chi connectivity index (χ1) is 25.6. The summed E-state index contributed by atoms with van der Waals surface area (Å²) in [5.41, 5.74) is 10.1. The van der Waals surface area contributed by atoms with E-state index in [0.29, 0.717) is 11.6 Å². The number of benzene rings is 4. The van der Waals surface area contributed by atoms with E-state index in [1.165, 1.54) is 23.9 Å². The third-order valence-corrected chi connectivity index (χ3v) is 13.0. The van der Waals surface area contributed by atoms with Crippen molar-refractivity contribution in [1.82, 2.24) is 9.97 Å². The van der Waals surface area contributed by atoms with Crippen LogP contribution in [0.3, 0.4) is 0 Å². The third kappa shape index (κ3) is 7.82. The van der Waals surface area contributed by atoms with Gasteiger partial charge >= 0.3 is 245 Å². The molecular formula is C47H46N5OPtTe-3. The van der Waals surface area contributed by atoms with Crippen molar-refractivity contribution in [3.63, 3.8) is 0 Å². The molecule has 0 saturated heterocycles. The zero-order valence-corrected chi connectivity index (χ0v) is 37.4. The molecule has 2 aromatic heterocycles. The molecule has 0 atom stereocenters. The van der Waals surface area contributed by atoms with Crippen molar-refractivity contribution < 1.29 is 25.8 Å². The Hall–Kier alpha value is -4.14. The van der Waals surface area contributed by atoms with E-state index in [1.807, 2.05) is 24.5 Å². The number of hydrogen-bond acceptors (Lipinski definition) is 6. The molecular weight excluding hydrogens is 973 g/mol. The number of aromatic nitrogens is 2. The molecule has 0 saturated carbocycles. The number of nitrogens with zero attached hydrogens (tertiary/aromatic N) is 5. The van der Waals surface area contributed by atoms with E-state index >= 15 is 0 Å². The predicted molar refractivity (Wildman–Crippen MR) is 223 cm³/mol. The maximum absolute atomic E-state index is 6.49. The number of para-hydroxylation sites is 3. The molecule has 4 aromatic carbocycles. The van der Waals surface area contributed by atoms with Crippen LogP contribution in [0.5, 0.6) is 11.6 Å². The summed E-state index contributed by atoms with van der Waals surface area (Å²) < 4.78 is 9.03. The second-order valence-electron chi connectivity index (χ2n) is 17.1. The molecule has 4 heterocycles. The Balaban J connectivity index is 0.00000465. The maximum Gasteiger partial charge on any atom is 0 e.